The first-order valence-electron chi connectivity index (χ1n) is 10.0. The van der Waals surface area contributed by atoms with E-state index in [4.69, 9.17) is 0 Å². The SMILES string of the molecule is CCC1CCC(N(C2CC2)S(=O)(=O)c2ccc3c(c2)n(C)c(=O)n3C)CC1. The van der Waals surface area contributed by atoms with Crippen molar-refractivity contribution in [3.05, 3.63) is 28.7 Å². The highest BCUT2D eigenvalue weighted by Crippen LogP contribution is 2.40. The number of rotatable bonds is 5. The predicted molar refractivity (Wildman–Crippen MR) is 106 cm³/mol. The lowest BCUT2D eigenvalue weighted by Crippen LogP contribution is -2.43. The first kappa shape index (κ1) is 18.7. The maximum Gasteiger partial charge on any atom is 0.328 e. The highest BCUT2D eigenvalue weighted by Gasteiger charge is 2.43. The van der Waals surface area contributed by atoms with Gasteiger partial charge in [0.1, 0.15) is 0 Å². The Bertz CT molecular complexity index is 1010. The third kappa shape index (κ3) is 3.14. The van der Waals surface area contributed by atoms with Gasteiger partial charge in [-0.3, -0.25) is 9.13 Å². The van der Waals surface area contributed by atoms with Crippen LogP contribution in [0.3, 0.4) is 0 Å². The van der Waals surface area contributed by atoms with E-state index in [1.54, 1.807) is 41.2 Å². The molecule has 27 heavy (non-hydrogen) atoms. The fourth-order valence-corrected chi connectivity index (χ4v) is 6.55. The Morgan fingerprint density at radius 1 is 0.963 bits per heavy atom. The fourth-order valence-electron chi connectivity index (χ4n) is 4.60. The molecule has 0 amide bonds. The van der Waals surface area contributed by atoms with Crippen LogP contribution >= 0.6 is 0 Å². The summed E-state index contributed by atoms with van der Waals surface area (Å²) < 4.78 is 32.0. The minimum absolute atomic E-state index is 0.112. The van der Waals surface area contributed by atoms with Gasteiger partial charge in [-0.15, -0.1) is 0 Å². The summed E-state index contributed by atoms with van der Waals surface area (Å²) in [5.41, 5.74) is 1.27. The molecule has 0 spiro atoms. The van der Waals surface area contributed by atoms with Crippen LogP contribution in [0.2, 0.25) is 0 Å². The van der Waals surface area contributed by atoms with Gasteiger partial charge in [0.25, 0.3) is 0 Å². The summed E-state index contributed by atoms with van der Waals surface area (Å²) in [6, 6.07) is 5.33. The van der Waals surface area contributed by atoms with Gasteiger partial charge in [0.15, 0.2) is 0 Å². The first-order valence-corrected chi connectivity index (χ1v) is 11.5. The smallest absolute Gasteiger partial charge is 0.295 e. The van der Waals surface area contributed by atoms with E-state index in [0.29, 0.717) is 10.4 Å². The van der Waals surface area contributed by atoms with Gasteiger partial charge in [-0.2, -0.15) is 4.31 Å². The van der Waals surface area contributed by atoms with Gasteiger partial charge in [0.05, 0.1) is 15.9 Å². The molecule has 0 atom stereocenters. The van der Waals surface area contributed by atoms with Crippen LogP contribution in [0, 0.1) is 5.92 Å². The van der Waals surface area contributed by atoms with Crippen LogP contribution in [0.15, 0.2) is 27.9 Å². The van der Waals surface area contributed by atoms with Crippen LogP contribution in [0.5, 0.6) is 0 Å². The van der Waals surface area contributed by atoms with Crippen LogP contribution in [0.4, 0.5) is 0 Å². The van der Waals surface area contributed by atoms with Gasteiger partial charge in [0, 0.05) is 26.2 Å². The minimum atomic E-state index is -3.56. The first-order chi connectivity index (χ1) is 12.8. The van der Waals surface area contributed by atoms with Crippen molar-refractivity contribution in [2.24, 2.45) is 20.0 Å². The second kappa shape index (κ2) is 6.78. The maximum absolute atomic E-state index is 13.5. The Morgan fingerprint density at radius 2 is 1.52 bits per heavy atom. The molecule has 0 radical (unpaired) electrons. The van der Waals surface area contributed by atoms with Gasteiger partial charge in [0.2, 0.25) is 10.0 Å². The number of hydrogen-bond donors (Lipinski definition) is 0. The Balaban J connectivity index is 1.71. The molecule has 2 aliphatic rings. The molecule has 4 rings (SSSR count). The summed E-state index contributed by atoms with van der Waals surface area (Å²) in [5.74, 6) is 0.736. The summed E-state index contributed by atoms with van der Waals surface area (Å²) in [5, 5.41) is 0. The molecule has 6 nitrogen and oxygen atoms in total. The number of aromatic nitrogens is 2. The van der Waals surface area contributed by atoms with E-state index in [2.05, 4.69) is 6.92 Å². The van der Waals surface area contributed by atoms with Crippen LogP contribution < -0.4 is 5.69 Å². The molecule has 0 bridgehead atoms. The quantitative estimate of drug-likeness (QED) is 0.787. The summed E-state index contributed by atoms with van der Waals surface area (Å²) in [6.45, 7) is 2.22. The standard InChI is InChI=1S/C20H29N3O3S/c1-4-14-5-7-15(8-6-14)23(16-9-10-16)27(25,26)17-11-12-18-19(13-17)22(3)20(24)21(18)2/h11-16H,4-10H2,1-3H3. The highest BCUT2D eigenvalue weighted by atomic mass is 32.2. The Labute approximate surface area is 160 Å². The lowest BCUT2D eigenvalue weighted by molar-refractivity contribution is 0.206. The Morgan fingerprint density at radius 3 is 2.07 bits per heavy atom. The summed E-state index contributed by atoms with van der Waals surface area (Å²) in [7, 11) is -0.169. The number of aryl methyl sites for hydroxylation is 2. The summed E-state index contributed by atoms with van der Waals surface area (Å²) in [6.07, 6.45) is 7.25. The van der Waals surface area contributed by atoms with E-state index in [-0.39, 0.29) is 17.8 Å². The minimum Gasteiger partial charge on any atom is -0.295 e. The Hall–Kier alpha value is -1.60. The van der Waals surface area contributed by atoms with E-state index in [1.165, 1.54) is 11.0 Å². The lowest BCUT2D eigenvalue weighted by Gasteiger charge is -2.36. The molecule has 0 saturated heterocycles. The maximum atomic E-state index is 13.5. The van der Waals surface area contributed by atoms with Crippen molar-refractivity contribution in [1.82, 2.24) is 13.4 Å². The van der Waals surface area contributed by atoms with Gasteiger partial charge in [-0.1, -0.05) is 13.3 Å². The zero-order valence-corrected chi connectivity index (χ0v) is 17.2. The van der Waals surface area contributed by atoms with Gasteiger partial charge >= 0.3 is 5.69 Å². The number of imidazole rings is 1. The van der Waals surface area contributed by atoms with Crippen molar-refractivity contribution >= 4 is 21.1 Å². The van der Waals surface area contributed by atoms with Crippen LogP contribution in [0.25, 0.3) is 11.0 Å². The molecule has 0 unspecified atom stereocenters. The van der Waals surface area contributed by atoms with Crippen molar-refractivity contribution in [2.45, 2.75) is 68.8 Å². The highest BCUT2D eigenvalue weighted by molar-refractivity contribution is 7.89. The van der Waals surface area contributed by atoms with Crippen LogP contribution in [-0.2, 0) is 24.1 Å². The molecule has 7 heteroatoms. The molecule has 148 valence electrons. The number of hydrogen-bond acceptors (Lipinski definition) is 3. The van der Waals surface area contributed by atoms with Gasteiger partial charge in [-0.25, -0.2) is 13.2 Å². The lowest BCUT2D eigenvalue weighted by atomic mass is 9.84. The molecule has 2 fully saturated rings. The van der Waals surface area contributed by atoms with E-state index in [0.717, 1.165) is 50.0 Å². The van der Waals surface area contributed by atoms with Crippen LogP contribution in [0.1, 0.15) is 51.9 Å². The number of benzene rings is 1. The monoisotopic (exact) mass is 391 g/mol. The average molecular weight is 392 g/mol. The molecule has 1 aromatic carbocycles. The molecule has 2 aromatic rings. The normalized spacial score (nSPS) is 24.0. The average Bonchev–Trinajstić information content (AvgIpc) is 3.47. The van der Waals surface area contributed by atoms with Crippen molar-refractivity contribution in [3.8, 4) is 0 Å². The molecular weight excluding hydrogens is 362 g/mol. The van der Waals surface area contributed by atoms with Crippen molar-refractivity contribution in [1.29, 1.82) is 0 Å². The van der Waals surface area contributed by atoms with Gasteiger partial charge in [-0.05, 0) is 62.6 Å². The second-order valence-corrected chi connectivity index (χ2v) is 10.0. The summed E-state index contributed by atoms with van der Waals surface area (Å²) in [4.78, 5) is 12.5. The zero-order valence-electron chi connectivity index (χ0n) is 16.4. The van der Waals surface area contributed by atoms with E-state index < -0.39 is 10.0 Å². The van der Waals surface area contributed by atoms with E-state index in [1.807, 2.05) is 0 Å². The molecule has 2 aliphatic carbocycles. The second-order valence-electron chi connectivity index (χ2n) is 8.20. The predicted octanol–water partition coefficient (Wildman–Crippen LogP) is 3.00. The van der Waals surface area contributed by atoms with Crippen LogP contribution in [-0.4, -0.2) is 33.9 Å². The Kier molecular flexibility index (Phi) is 4.71. The third-order valence-corrected chi connectivity index (χ3v) is 8.48. The molecule has 1 heterocycles. The largest absolute Gasteiger partial charge is 0.328 e. The molecule has 1 aromatic heterocycles. The van der Waals surface area contributed by atoms with Crippen molar-refractivity contribution in [2.75, 3.05) is 0 Å². The topological polar surface area (TPSA) is 64.3 Å². The number of fused-ring (bicyclic) bond motifs is 1. The van der Waals surface area contributed by atoms with Crippen molar-refractivity contribution < 1.29 is 8.42 Å². The van der Waals surface area contributed by atoms with E-state index >= 15 is 0 Å². The number of sulfonamides is 1. The fraction of sp³-hybridized carbons (Fsp3) is 0.650. The third-order valence-electron chi connectivity index (χ3n) is 6.48. The zero-order chi connectivity index (χ0) is 19.3. The molecular formula is C20H29N3O3S. The van der Waals surface area contributed by atoms with Crippen molar-refractivity contribution in [3.63, 3.8) is 0 Å². The number of nitrogens with zero attached hydrogens (tertiary/aromatic N) is 3. The van der Waals surface area contributed by atoms with E-state index in [9.17, 15) is 13.2 Å². The summed E-state index contributed by atoms with van der Waals surface area (Å²) >= 11 is 0. The molecule has 0 aliphatic heterocycles. The molecule has 2 saturated carbocycles. The van der Waals surface area contributed by atoms with Gasteiger partial charge < -0.3 is 0 Å². The molecule has 0 N–H and O–H groups in total.